The fourth-order valence-corrected chi connectivity index (χ4v) is 3.31. The molecule has 2 unspecified atom stereocenters. The SMILES string of the molecule is COc1cccc(C2=CC3COCC(C2)N3C(=O)OC(C)(C)C)c1F. The highest BCUT2D eigenvalue weighted by Gasteiger charge is 2.40. The fraction of sp³-hybridized carbons (Fsp3) is 0.526. The Morgan fingerprint density at radius 3 is 2.72 bits per heavy atom. The van der Waals surface area contributed by atoms with Crippen LogP contribution in [0.1, 0.15) is 32.8 Å². The summed E-state index contributed by atoms with van der Waals surface area (Å²) in [5.74, 6) is -0.157. The summed E-state index contributed by atoms with van der Waals surface area (Å²) in [6.45, 7) is 6.32. The monoisotopic (exact) mass is 349 g/mol. The Bertz CT molecular complexity index is 695. The first-order valence-electron chi connectivity index (χ1n) is 8.43. The van der Waals surface area contributed by atoms with E-state index in [2.05, 4.69) is 0 Å². The lowest BCUT2D eigenvalue weighted by atomic mass is 9.89. The number of carbonyl (C=O) groups excluding carboxylic acids is 1. The van der Waals surface area contributed by atoms with Gasteiger partial charge in [0.2, 0.25) is 0 Å². The lowest BCUT2D eigenvalue weighted by Crippen LogP contribution is -2.57. The van der Waals surface area contributed by atoms with Crippen molar-refractivity contribution in [1.29, 1.82) is 0 Å². The fourth-order valence-electron chi connectivity index (χ4n) is 3.31. The molecule has 2 aliphatic rings. The van der Waals surface area contributed by atoms with Gasteiger partial charge in [-0.2, -0.15) is 0 Å². The zero-order chi connectivity index (χ0) is 18.2. The quantitative estimate of drug-likeness (QED) is 0.818. The summed E-state index contributed by atoms with van der Waals surface area (Å²) in [5, 5.41) is 0. The van der Waals surface area contributed by atoms with Gasteiger partial charge < -0.3 is 14.2 Å². The molecule has 1 aromatic rings. The maximum Gasteiger partial charge on any atom is 0.411 e. The van der Waals surface area contributed by atoms with Crippen LogP contribution < -0.4 is 4.74 Å². The molecule has 5 nitrogen and oxygen atoms in total. The number of amides is 1. The van der Waals surface area contributed by atoms with Gasteiger partial charge in [0.05, 0.1) is 32.4 Å². The molecule has 0 spiro atoms. The van der Waals surface area contributed by atoms with Crippen LogP contribution >= 0.6 is 0 Å². The molecule has 1 aromatic carbocycles. The first-order valence-corrected chi connectivity index (χ1v) is 8.43. The zero-order valence-corrected chi connectivity index (χ0v) is 15.0. The summed E-state index contributed by atoms with van der Waals surface area (Å²) >= 11 is 0. The van der Waals surface area contributed by atoms with Gasteiger partial charge in [0.15, 0.2) is 11.6 Å². The highest BCUT2D eigenvalue weighted by molar-refractivity contribution is 5.75. The average Bonchev–Trinajstić information content (AvgIpc) is 2.52. The van der Waals surface area contributed by atoms with Crippen molar-refractivity contribution in [2.75, 3.05) is 20.3 Å². The van der Waals surface area contributed by atoms with Crippen LogP contribution in [0, 0.1) is 5.82 Å². The van der Waals surface area contributed by atoms with Crippen molar-refractivity contribution in [3.05, 3.63) is 35.7 Å². The van der Waals surface area contributed by atoms with Crippen LogP contribution in [-0.4, -0.2) is 49.0 Å². The first-order chi connectivity index (χ1) is 11.8. The van der Waals surface area contributed by atoms with Gasteiger partial charge in [-0.15, -0.1) is 0 Å². The third-order valence-electron chi connectivity index (χ3n) is 4.33. The van der Waals surface area contributed by atoms with Gasteiger partial charge in [-0.05, 0) is 38.8 Å². The summed E-state index contributed by atoms with van der Waals surface area (Å²) in [6, 6.07) is 4.68. The van der Waals surface area contributed by atoms with E-state index in [0.29, 0.717) is 25.2 Å². The predicted molar refractivity (Wildman–Crippen MR) is 92.0 cm³/mol. The van der Waals surface area contributed by atoms with Gasteiger partial charge in [-0.3, -0.25) is 4.90 Å². The van der Waals surface area contributed by atoms with Crippen molar-refractivity contribution in [2.24, 2.45) is 0 Å². The zero-order valence-electron chi connectivity index (χ0n) is 15.0. The van der Waals surface area contributed by atoms with Crippen molar-refractivity contribution < 1.29 is 23.4 Å². The Morgan fingerprint density at radius 2 is 2.08 bits per heavy atom. The Kier molecular flexibility index (Phi) is 4.73. The van der Waals surface area contributed by atoms with Gasteiger partial charge in [0.25, 0.3) is 0 Å². The number of benzene rings is 1. The molecule has 1 amide bonds. The van der Waals surface area contributed by atoms with E-state index >= 15 is 0 Å². The number of fused-ring (bicyclic) bond motifs is 2. The summed E-state index contributed by atoms with van der Waals surface area (Å²) in [6.07, 6.45) is 2.06. The van der Waals surface area contributed by atoms with Crippen LogP contribution in [-0.2, 0) is 9.47 Å². The Hall–Kier alpha value is -2.08. The van der Waals surface area contributed by atoms with E-state index in [9.17, 15) is 9.18 Å². The molecule has 0 aromatic heterocycles. The topological polar surface area (TPSA) is 48.0 Å². The van der Waals surface area contributed by atoms with E-state index in [-0.39, 0.29) is 29.7 Å². The second-order valence-corrected chi connectivity index (χ2v) is 7.36. The highest BCUT2D eigenvalue weighted by Crippen LogP contribution is 2.36. The second kappa shape index (κ2) is 6.67. The standard InChI is InChI=1S/C19H24FNO4/c1-19(2,3)25-18(22)21-13-8-12(9-14(21)11-24-10-13)15-6-5-7-16(23-4)17(15)20/h5-8,13-14H,9-11H2,1-4H3. The normalized spacial score (nSPS) is 23.1. The van der Waals surface area contributed by atoms with E-state index in [1.54, 1.807) is 23.1 Å². The molecular formula is C19H24FNO4. The van der Waals surface area contributed by atoms with Crippen molar-refractivity contribution in [1.82, 2.24) is 4.90 Å². The molecule has 2 heterocycles. The van der Waals surface area contributed by atoms with E-state index < -0.39 is 5.60 Å². The van der Waals surface area contributed by atoms with E-state index in [1.807, 2.05) is 26.8 Å². The Morgan fingerprint density at radius 1 is 1.32 bits per heavy atom. The van der Waals surface area contributed by atoms with Gasteiger partial charge in [0, 0.05) is 5.56 Å². The maximum absolute atomic E-state index is 14.6. The third-order valence-corrected chi connectivity index (χ3v) is 4.33. The molecule has 0 radical (unpaired) electrons. The van der Waals surface area contributed by atoms with Crippen molar-refractivity contribution in [3.8, 4) is 5.75 Å². The molecule has 6 heteroatoms. The number of hydrogen-bond donors (Lipinski definition) is 0. The molecule has 136 valence electrons. The highest BCUT2D eigenvalue weighted by atomic mass is 19.1. The second-order valence-electron chi connectivity index (χ2n) is 7.36. The first kappa shape index (κ1) is 17.7. The summed E-state index contributed by atoms with van der Waals surface area (Å²) in [5.41, 5.74) is 0.824. The van der Waals surface area contributed by atoms with E-state index in [0.717, 1.165) is 5.57 Å². The number of rotatable bonds is 2. The Labute approximate surface area is 147 Å². The largest absolute Gasteiger partial charge is 0.494 e. The number of methoxy groups -OCH3 is 1. The van der Waals surface area contributed by atoms with Gasteiger partial charge >= 0.3 is 6.09 Å². The van der Waals surface area contributed by atoms with Crippen molar-refractivity contribution >= 4 is 11.7 Å². The number of carbonyl (C=O) groups is 1. The molecule has 25 heavy (non-hydrogen) atoms. The molecule has 2 bridgehead atoms. The van der Waals surface area contributed by atoms with Gasteiger partial charge in [-0.25, -0.2) is 9.18 Å². The number of morpholine rings is 1. The minimum absolute atomic E-state index is 0.167. The summed E-state index contributed by atoms with van der Waals surface area (Å²) in [7, 11) is 1.45. The van der Waals surface area contributed by atoms with Crippen molar-refractivity contribution in [3.63, 3.8) is 0 Å². The molecule has 0 N–H and O–H groups in total. The van der Waals surface area contributed by atoms with E-state index in [4.69, 9.17) is 14.2 Å². The lowest BCUT2D eigenvalue weighted by Gasteiger charge is -2.44. The minimum Gasteiger partial charge on any atom is -0.494 e. The van der Waals surface area contributed by atoms with E-state index in [1.165, 1.54) is 7.11 Å². The summed E-state index contributed by atoms with van der Waals surface area (Å²) in [4.78, 5) is 14.3. The Balaban J connectivity index is 1.90. The lowest BCUT2D eigenvalue weighted by molar-refractivity contribution is -0.0510. The smallest absolute Gasteiger partial charge is 0.411 e. The molecule has 2 atom stereocenters. The van der Waals surface area contributed by atoms with Gasteiger partial charge in [0.1, 0.15) is 5.60 Å². The number of halogens is 1. The summed E-state index contributed by atoms with van der Waals surface area (Å²) < 4.78 is 30.8. The average molecular weight is 349 g/mol. The number of nitrogens with zero attached hydrogens (tertiary/aromatic N) is 1. The van der Waals surface area contributed by atoms with Crippen LogP contribution in [0.25, 0.3) is 5.57 Å². The molecule has 0 saturated carbocycles. The van der Waals surface area contributed by atoms with Gasteiger partial charge in [-0.1, -0.05) is 18.2 Å². The van der Waals surface area contributed by atoms with Crippen LogP contribution in [0.5, 0.6) is 5.75 Å². The molecular weight excluding hydrogens is 325 g/mol. The van der Waals surface area contributed by atoms with Crippen LogP contribution in [0.3, 0.4) is 0 Å². The molecule has 1 fully saturated rings. The molecule has 2 aliphatic heterocycles. The molecule has 3 rings (SSSR count). The molecule has 0 aliphatic carbocycles. The predicted octanol–water partition coefficient (Wildman–Crippen LogP) is 3.63. The van der Waals surface area contributed by atoms with Crippen LogP contribution in [0.15, 0.2) is 24.3 Å². The molecule has 1 saturated heterocycles. The third kappa shape index (κ3) is 3.63. The van der Waals surface area contributed by atoms with Crippen LogP contribution in [0.4, 0.5) is 9.18 Å². The maximum atomic E-state index is 14.6. The van der Waals surface area contributed by atoms with Crippen molar-refractivity contribution in [2.45, 2.75) is 44.9 Å². The number of ether oxygens (including phenoxy) is 3. The number of hydrogen-bond acceptors (Lipinski definition) is 4. The minimum atomic E-state index is -0.560. The van der Waals surface area contributed by atoms with Crippen LogP contribution in [0.2, 0.25) is 0 Å².